The van der Waals surface area contributed by atoms with E-state index in [1.165, 1.54) is 0 Å². The summed E-state index contributed by atoms with van der Waals surface area (Å²) in [6, 6.07) is 6.19. The van der Waals surface area contributed by atoms with Crippen LogP contribution in [0.4, 0.5) is 0 Å². The van der Waals surface area contributed by atoms with Crippen molar-refractivity contribution in [3.63, 3.8) is 0 Å². The van der Waals surface area contributed by atoms with E-state index in [2.05, 4.69) is 0 Å². The second-order valence-corrected chi connectivity index (χ2v) is 5.73. The molecule has 1 fully saturated rings. The molecule has 1 heterocycles. The lowest BCUT2D eigenvalue weighted by molar-refractivity contribution is -0.129. The van der Waals surface area contributed by atoms with Crippen LogP contribution in [0.15, 0.2) is 18.2 Å². The van der Waals surface area contributed by atoms with Crippen molar-refractivity contribution in [2.24, 2.45) is 11.7 Å². The van der Waals surface area contributed by atoms with E-state index >= 15 is 0 Å². The van der Waals surface area contributed by atoms with Crippen LogP contribution >= 0.6 is 0 Å². The van der Waals surface area contributed by atoms with E-state index in [1.54, 1.807) is 0 Å². The average Bonchev–Trinajstić information content (AvgIpc) is 2.79. The normalized spacial score (nSPS) is 20.3. The Kier molecular flexibility index (Phi) is 4.65. The quantitative estimate of drug-likeness (QED) is 0.893. The van der Waals surface area contributed by atoms with Crippen LogP contribution in [0.25, 0.3) is 0 Å². The molecule has 0 spiro atoms. The van der Waals surface area contributed by atoms with Gasteiger partial charge in [-0.15, -0.1) is 0 Å². The Labute approximate surface area is 120 Å². The lowest BCUT2D eigenvalue weighted by Crippen LogP contribution is -2.38. The number of benzene rings is 1. The largest absolute Gasteiger partial charge is 0.491 e. The van der Waals surface area contributed by atoms with Gasteiger partial charge in [-0.3, -0.25) is 4.79 Å². The molecule has 1 aliphatic rings. The maximum Gasteiger partial charge on any atom is 0.223 e. The molecule has 1 aliphatic heterocycles. The van der Waals surface area contributed by atoms with Crippen molar-refractivity contribution in [3.8, 4) is 5.75 Å². The minimum atomic E-state index is 0.0815. The molecule has 0 bridgehead atoms. The third kappa shape index (κ3) is 3.12. The summed E-state index contributed by atoms with van der Waals surface area (Å²) in [6.45, 7) is 7.97. The Morgan fingerprint density at radius 3 is 2.60 bits per heavy atom. The lowest BCUT2D eigenvalue weighted by atomic mass is 10.1. The Bertz CT molecular complexity index is 467. The van der Waals surface area contributed by atoms with Crippen molar-refractivity contribution in [1.82, 2.24) is 4.90 Å². The first-order chi connectivity index (χ1) is 9.52. The van der Waals surface area contributed by atoms with Crippen LogP contribution in [-0.4, -0.2) is 36.5 Å². The van der Waals surface area contributed by atoms with E-state index in [9.17, 15) is 4.79 Å². The second-order valence-electron chi connectivity index (χ2n) is 5.73. The minimum Gasteiger partial charge on any atom is -0.491 e. The number of para-hydroxylation sites is 1. The Morgan fingerprint density at radius 2 is 2.05 bits per heavy atom. The van der Waals surface area contributed by atoms with Crippen molar-refractivity contribution in [2.45, 2.75) is 33.2 Å². The van der Waals surface area contributed by atoms with E-state index in [-0.39, 0.29) is 11.9 Å². The van der Waals surface area contributed by atoms with Crippen LogP contribution < -0.4 is 10.5 Å². The molecule has 4 heteroatoms. The minimum absolute atomic E-state index is 0.0815. The predicted octanol–water partition coefficient (Wildman–Crippen LogP) is 1.88. The topological polar surface area (TPSA) is 55.6 Å². The van der Waals surface area contributed by atoms with Gasteiger partial charge in [-0.1, -0.05) is 18.2 Å². The second kappa shape index (κ2) is 6.27. The third-order valence-electron chi connectivity index (χ3n) is 3.98. The molecule has 4 nitrogen and oxygen atoms in total. The molecule has 1 aromatic carbocycles. The number of ether oxygens (including phenoxy) is 1. The molecule has 1 aromatic rings. The molecule has 2 N–H and O–H groups in total. The number of carbonyl (C=O) groups is 1. The van der Waals surface area contributed by atoms with Crippen molar-refractivity contribution >= 4 is 5.91 Å². The van der Waals surface area contributed by atoms with Gasteiger partial charge in [0.25, 0.3) is 0 Å². The molecule has 2 atom stereocenters. The van der Waals surface area contributed by atoms with Crippen molar-refractivity contribution in [2.75, 3.05) is 19.7 Å². The molecule has 0 aliphatic carbocycles. The van der Waals surface area contributed by atoms with Crippen molar-refractivity contribution < 1.29 is 9.53 Å². The number of likely N-dealkylation sites (tertiary alicyclic amines) is 1. The summed E-state index contributed by atoms with van der Waals surface area (Å²) in [5.41, 5.74) is 7.91. The standard InChI is InChI=1S/C16H24N2O2/c1-11-5-4-6-12(2)16(11)20-10-13(3)18-9-14(8-17)7-15(18)19/h4-6,13-14H,7-10,17H2,1-3H3. The van der Waals surface area contributed by atoms with Crippen molar-refractivity contribution in [3.05, 3.63) is 29.3 Å². The monoisotopic (exact) mass is 276 g/mol. The molecule has 20 heavy (non-hydrogen) atoms. The van der Waals surface area contributed by atoms with Crippen LogP contribution in [0.1, 0.15) is 24.5 Å². The van der Waals surface area contributed by atoms with Gasteiger partial charge in [0.05, 0.1) is 6.04 Å². The number of rotatable bonds is 5. The Balaban J connectivity index is 1.96. The first-order valence-corrected chi connectivity index (χ1v) is 7.21. The third-order valence-corrected chi connectivity index (χ3v) is 3.98. The van der Waals surface area contributed by atoms with Gasteiger partial charge >= 0.3 is 0 Å². The van der Waals surface area contributed by atoms with Crippen LogP contribution in [-0.2, 0) is 4.79 Å². The number of amides is 1. The van der Waals surface area contributed by atoms with Gasteiger partial charge in [0, 0.05) is 13.0 Å². The number of nitrogens with two attached hydrogens (primary N) is 1. The zero-order valence-corrected chi connectivity index (χ0v) is 12.6. The number of hydrogen-bond acceptors (Lipinski definition) is 3. The molecule has 110 valence electrons. The highest BCUT2D eigenvalue weighted by Gasteiger charge is 2.32. The summed E-state index contributed by atoms with van der Waals surface area (Å²) < 4.78 is 5.93. The molecule has 2 rings (SSSR count). The smallest absolute Gasteiger partial charge is 0.223 e. The van der Waals surface area contributed by atoms with Gasteiger partial charge in [0.1, 0.15) is 12.4 Å². The maximum absolute atomic E-state index is 11.9. The maximum atomic E-state index is 11.9. The molecule has 1 amide bonds. The number of hydrogen-bond donors (Lipinski definition) is 1. The molecular weight excluding hydrogens is 252 g/mol. The molecule has 0 saturated carbocycles. The summed E-state index contributed by atoms with van der Waals surface area (Å²) >= 11 is 0. The molecule has 0 radical (unpaired) electrons. The van der Waals surface area contributed by atoms with Gasteiger partial charge in [0.15, 0.2) is 0 Å². The van der Waals surface area contributed by atoms with Gasteiger partial charge in [-0.25, -0.2) is 0 Å². The molecule has 2 unspecified atom stereocenters. The van der Waals surface area contributed by atoms with Gasteiger partial charge in [0.2, 0.25) is 5.91 Å². The van der Waals surface area contributed by atoms with Crippen LogP contribution in [0.3, 0.4) is 0 Å². The van der Waals surface area contributed by atoms with E-state index in [1.807, 2.05) is 43.9 Å². The summed E-state index contributed by atoms with van der Waals surface area (Å²) in [6.07, 6.45) is 0.574. The molecule has 1 saturated heterocycles. The highest BCUT2D eigenvalue weighted by molar-refractivity contribution is 5.79. The fourth-order valence-corrected chi connectivity index (χ4v) is 2.71. The summed E-state index contributed by atoms with van der Waals surface area (Å²) in [5, 5.41) is 0. The van der Waals surface area contributed by atoms with Gasteiger partial charge in [-0.05, 0) is 44.4 Å². The zero-order valence-electron chi connectivity index (χ0n) is 12.6. The molecular formula is C16H24N2O2. The SMILES string of the molecule is Cc1cccc(C)c1OCC(C)N1CC(CN)CC1=O. The molecule has 0 aromatic heterocycles. The summed E-state index contributed by atoms with van der Waals surface area (Å²) in [5.74, 6) is 1.42. The lowest BCUT2D eigenvalue weighted by Gasteiger charge is -2.25. The number of aryl methyl sites for hydroxylation is 2. The highest BCUT2D eigenvalue weighted by Crippen LogP contribution is 2.24. The fourth-order valence-electron chi connectivity index (χ4n) is 2.71. The Hall–Kier alpha value is -1.55. The van der Waals surface area contributed by atoms with Crippen LogP contribution in [0, 0.1) is 19.8 Å². The highest BCUT2D eigenvalue weighted by atomic mass is 16.5. The van der Waals surface area contributed by atoms with Crippen molar-refractivity contribution in [1.29, 1.82) is 0 Å². The average molecular weight is 276 g/mol. The first kappa shape index (κ1) is 14.9. The van der Waals surface area contributed by atoms with Crippen LogP contribution in [0.2, 0.25) is 0 Å². The van der Waals surface area contributed by atoms with E-state index in [0.29, 0.717) is 25.5 Å². The summed E-state index contributed by atoms with van der Waals surface area (Å²) in [7, 11) is 0. The van der Waals surface area contributed by atoms with Gasteiger partial charge in [-0.2, -0.15) is 0 Å². The predicted molar refractivity (Wildman–Crippen MR) is 79.7 cm³/mol. The number of carbonyl (C=O) groups excluding carboxylic acids is 1. The van der Waals surface area contributed by atoms with Gasteiger partial charge < -0.3 is 15.4 Å². The summed E-state index contributed by atoms with van der Waals surface area (Å²) in [4.78, 5) is 13.8. The Morgan fingerprint density at radius 1 is 1.40 bits per heavy atom. The number of nitrogens with zero attached hydrogens (tertiary/aromatic N) is 1. The van der Waals surface area contributed by atoms with Crippen LogP contribution in [0.5, 0.6) is 5.75 Å². The first-order valence-electron chi connectivity index (χ1n) is 7.21. The van der Waals surface area contributed by atoms with E-state index < -0.39 is 0 Å². The van der Waals surface area contributed by atoms with E-state index in [0.717, 1.165) is 23.4 Å². The van der Waals surface area contributed by atoms with E-state index in [4.69, 9.17) is 10.5 Å². The zero-order chi connectivity index (χ0) is 14.7. The fraction of sp³-hybridized carbons (Fsp3) is 0.562.